The summed E-state index contributed by atoms with van der Waals surface area (Å²) in [7, 11) is 0. The van der Waals surface area contributed by atoms with Crippen molar-refractivity contribution in [1.82, 2.24) is 9.55 Å². The maximum atomic E-state index is 6.00. The van der Waals surface area contributed by atoms with E-state index in [1.54, 1.807) is 0 Å². The van der Waals surface area contributed by atoms with Crippen LogP contribution in [0.25, 0.3) is 11.0 Å². The molecule has 1 aromatic heterocycles. The smallest absolute Gasteiger partial charge is 0.201 e. The van der Waals surface area contributed by atoms with Crippen LogP contribution in [-0.2, 0) is 13.0 Å². The summed E-state index contributed by atoms with van der Waals surface area (Å²) < 4.78 is 3.20. The highest BCUT2D eigenvalue weighted by Crippen LogP contribution is 2.20. The standard InChI is InChI=1S/C15H14BrN3/c16-12-6-2-1-5-11(12)9-10-19-14-8-4-3-7-13(14)18-15(19)17/h1-8H,9-10H2,(H2,17,18). The molecular weight excluding hydrogens is 302 g/mol. The Labute approximate surface area is 120 Å². The van der Waals surface area contributed by atoms with E-state index in [9.17, 15) is 0 Å². The fraction of sp³-hybridized carbons (Fsp3) is 0.133. The van der Waals surface area contributed by atoms with Crippen molar-refractivity contribution >= 4 is 32.9 Å². The lowest BCUT2D eigenvalue weighted by Gasteiger charge is -2.08. The molecule has 2 N–H and O–H groups in total. The van der Waals surface area contributed by atoms with Crippen molar-refractivity contribution in [2.24, 2.45) is 0 Å². The largest absolute Gasteiger partial charge is 0.369 e. The topological polar surface area (TPSA) is 43.8 Å². The van der Waals surface area contributed by atoms with Gasteiger partial charge in [0.15, 0.2) is 0 Å². The van der Waals surface area contributed by atoms with Gasteiger partial charge in [-0.05, 0) is 30.2 Å². The van der Waals surface area contributed by atoms with Crippen LogP contribution in [-0.4, -0.2) is 9.55 Å². The van der Waals surface area contributed by atoms with Crippen molar-refractivity contribution in [3.05, 3.63) is 58.6 Å². The van der Waals surface area contributed by atoms with Crippen LogP contribution in [0.4, 0.5) is 5.95 Å². The SMILES string of the molecule is Nc1nc2ccccc2n1CCc1ccccc1Br. The molecule has 1 heterocycles. The minimum absolute atomic E-state index is 0.577. The van der Waals surface area contributed by atoms with Crippen LogP contribution in [0.15, 0.2) is 53.0 Å². The number of nitrogens with zero attached hydrogens (tertiary/aromatic N) is 2. The summed E-state index contributed by atoms with van der Waals surface area (Å²) in [6.45, 7) is 0.828. The van der Waals surface area contributed by atoms with Gasteiger partial charge < -0.3 is 10.3 Å². The van der Waals surface area contributed by atoms with Crippen molar-refractivity contribution in [1.29, 1.82) is 0 Å². The Morgan fingerprint density at radius 3 is 2.63 bits per heavy atom. The van der Waals surface area contributed by atoms with Gasteiger partial charge in [-0.25, -0.2) is 4.98 Å². The lowest BCUT2D eigenvalue weighted by Crippen LogP contribution is -2.05. The molecular formula is C15H14BrN3. The highest BCUT2D eigenvalue weighted by molar-refractivity contribution is 9.10. The number of fused-ring (bicyclic) bond motifs is 1. The summed E-state index contributed by atoms with van der Waals surface area (Å²) in [6, 6.07) is 16.3. The third-order valence-electron chi connectivity index (χ3n) is 3.25. The summed E-state index contributed by atoms with van der Waals surface area (Å²) in [4.78, 5) is 4.38. The minimum Gasteiger partial charge on any atom is -0.369 e. The molecule has 3 aromatic rings. The average molecular weight is 316 g/mol. The Morgan fingerprint density at radius 2 is 1.79 bits per heavy atom. The molecule has 0 unspecified atom stereocenters. The molecule has 3 nitrogen and oxygen atoms in total. The van der Waals surface area contributed by atoms with E-state index in [0.29, 0.717) is 5.95 Å². The average Bonchev–Trinajstić information content (AvgIpc) is 2.74. The summed E-state index contributed by atoms with van der Waals surface area (Å²) in [5, 5.41) is 0. The van der Waals surface area contributed by atoms with Crippen LogP contribution in [0.5, 0.6) is 0 Å². The predicted molar refractivity (Wildman–Crippen MR) is 82.0 cm³/mol. The Kier molecular flexibility index (Phi) is 3.25. The minimum atomic E-state index is 0.577. The third-order valence-corrected chi connectivity index (χ3v) is 4.02. The van der Waals surface area contributed by atoms with Gasteiger partial charge in [0.05, 0.1) is 11.0 Å². The van der Waals surface area contributed by atoms with Gasteiger partial charge in [-0.2, -0.15) is 0 Å². The summed E-state index contributed by atoms with van der Waals surface area (Å²) in [5.41, 5.74) is 9.31. The lowest BCUT2D eigenvalue weighted by atomic mass is 10.1. The number of hydrogen-bond donors (Lipinski definition) is 1. The van der Waals surface area contributed by atoms with Gasteiger partial charge >= 0.3 is 0 Å². The van der Waals surface area contributed by atoms with Gasteiger partial charge in [-0.1, -0.05) is 46.3 Å². The second kappa shape index (κ2) is 5.05. The van der Waals surface area contributed by atoms with Crippen LogP contribution >= 0.6 is 15.9 Å². The van der Waals surface area contributed by atoms with Crippen molar-refractivity contribution in [2.75, 3.05) is 5.73 Å². The van der Waals surface area contributed by atoms with Crippen molar-refractivity contribution < 1.29 is 0 Å². The Hall–Kier alpha value is -1.81. The first-order valence-electron chi connectivity index (χ1n) is 6.20. The van der Waals surface area contributed by atoms with E-state index in [0.717, 1.165) is 28.5 Å². The zero-order valence-corrected chi connectivity index (χ0v) is 12.0. The van der Waals surface area contributed by atoms with E-state index in [2.05, 4.69) is 49.7 Å². The maximum absolute atomic E-state index is 6.00. The van der Waals surface area contributed by atoms with Crippen LogP contribution < -0.4 is 5.73 Å². The Bertz CT molecular complexity index is 718. The van der Waals surface area contributed by atoms with Crippen molar-refractivity contribution in [2.45, 2.75) is 13.0 Å². The first-order chi connectivity index (χ1) is 9.25. The first-order valence-corrected chi connectivity index (χ1v) is 6.99. The number of imidazole rings is 1. The first kappa shape index (κ1) is 12.2. The van der Waals surface area contributed by atoms with E-state index in [1.807, 2.05) is 24.3 Å². The monoisotopic (exact) mass is 315 g/mol. The van der Waals surface area contributed by atoms with E-state index in [-0.39, 0.29) is 0 Å². The van der Waals surface area contributed by atoms with Crippen molar-refractivity contribution in [3.63, 3.8) is 0 Å². The zero-order valence-electron chi connectivity index (χ0n) is 10.4. The van der Waals surface area contributed by atoms with E-state index >= 15 is 0 Å². The van der Waals surface area contributed by atoms with Crippen LogP contribution in [0.2, 0.25) is 0 Å². The molecule has 2 aromatic carbocycles. The summed E-state index contributed by atoms with van der Waals surface area (Å²) in [5.74, 6) is 0.577. The molecule has 0 amide bonds. The number of aromatic nitrogens is 2. The number of anilines is 1. The number of hydrogen-bond acceptors (Lipinski definition) is 2. The predicted octanol–water partition coefficient (Wildman–Crippen LogP) is 3.62. The molecule has 0 aliphatic heterocycles. The second-order valence-electron chi connectivity index (χ2n) is 4.45. The van der Waals surface area contributed by atoms with Gasteiger partial charge in [0, 0.05) is 11.0 Å². The van der Waals surface area contributed by atoms with Gasteiger partial charge in [-0.15, -0.1) is 0 Å². The molecule has 0 radical (unpaired) electrons. The fourth-order valence-electron chi connectivity index (χ4n) is 2.26. The molecule has 0 bridgehead atoms. The van der Waals surface area contributed by atoms with Gasteiger partial charge in [0.2, 0.25) is 5.95 Å². The third kappa shape index (κ3) is 2.36. The number of para-hydroxylation sites is 2. The Morgan fingerprint density at radius 1 is 1.05 bits per heavy atom. The fourth-order valence-corrected chi connectivity index (χ4v) is 2.75. The molecule has 0 fully saturated rings. The van der Waals surface area contributed by atoms with E-state index in [4.69, 9.17) is 5.73 Å². The quantitative estimate of drug-likeness (QED) is 0.802. The van der Waals surface area contributed by atoms with Crippen LogP contribution in [0, 0.1) is 0 Å². The number of benzene rings is 2. The lowest BCUT2D eigenvalue weighted by molar-refractivity contribution is 0.724. The highest BCUT2D eigenvalue weighted by Gasteiger charge is 2.07. The van der Waals surface area contributed by atoms with Gasteiger partial charge in [0.25, 0.3) is 0 Å². The van der Waals surface area contributed by atoms with E-state index < -0.39 is 0 Å². The molecule has 3 rings (SSSR count). The summed E-state index contributed by atoms with van der Waals surface area (Å²) >= 11 is 3.57. The molecule has 0 saturated carbocycles. The zero-order chi connectivity index (χ0) is 13.2. The van der Waals surface area contributed by atoms with Crippen LogP contribution in [0.1, 0.15) is 5.56 Å². The molecule has 0 atom stereocenters. The molecule has 0 spiro atoms. The summed E-state index contributed by atoms with van der Waals surface area (Å²) in [6.07, 6.45) is 0.923. The van der Waals surface area contributed by atoms with Gasteiger partial charge in [-0.3, -0.25) is 0 Å². The number of nitrogen functional groups attached to an aromatic ring is 1. The molecule has 0 saturated heterocycles. The van der Waals surface area contributed by atoms with E-state index in [1.165, 1.54) is 5.56 Å². The van der Waals surface area contributed by atoms with Crippen LogP contribution in [0.3, 0.4) is 0 Å². The molecule has 96 valence electrons. The molecule has 19 heavy (non-hydrogen) atoms. The molecule has 0 aliphatic rings. The number of nitrogens with two attached hydrogens (primary N) is 1. The van der Waals surface area contributed by atoms with Crippen molar-refractivity contribution in [3.8, 4) is 0 Å². The molecule has 4 heteroatoms. The highest BCUT2D eigenvalue weighted by atomic mass is 79.9. The second-order valence-corrected chi connectivity index (χ2v) is 5.31. The molecule has 0 aliphatic carbocycles. The number of aryl methyl sites for hydroxylation is 2. The number of rotatable bonds is 3. The Balaban J connectivity index is 1.90. The normalized spacial score (nSPS) is 11.0. The van der Waals surface area contributed by atoms with Gasteiger partial charge in [0.1, 0.15) is 0 Å². The maximum Gasteiger partial charge on any atom is 0.201 e. The number of halogens is 1.